The Labute approximate surface area is 172 Å². The number of piperazine rings is 2. The Morgan fingerprint density at radius 3 is 1.76 bits per heavy atom. The Hall–Kier alpha value is -2.41. The van der Waals surface area contributed by atoms with Gasteiger partial charge in [0.05, 0.1) is 11.8 Å². The molecule has 29 heavy (non-hydrogen) atoms. The van der Waals surface area contributed by atoms with Crippen LogP contribution in [0.25, 0.3) is 0 Å². The van der Waals surface area contributed by atoms with Crippen molar-refractivity contribution in [3.63, 3.8) is 0 Å². The molecule has 1 aliphatic carbocycles. The topological polar surface area (TPSA) is 64.2 Å². The molecular weight excluding hydrogens is 368 g/mol. The molecule has 3 aliphatic rings. The average Bonchev–Trinajstić information content (AvgIpc) is 3.55. The van der Waals surface area contributed by atoms with Crippen LogP contribution in [0.4, 0.5) is 0 Å². The van der Waals surface area contributed by atoms with Crippen LogP contribution in [-0.4, -0.2) is 89.7 Å². The van der Waals surface area contributed by atoms with Crippen LogP contribution in [0, 0.1) is 11.8 Å². The molecule has 1 saturated carbocycles. The second-order valence-corrected chi connectivity index (χ2v) is 8.37. The highest BCUT2D eigenvalue weighted by molar-refractivity contribution is 5.92. The molecule has 1 aromatic carbocycles. The largest absolute Gasteiger partial charge is 0.340 e. The highest BCUT2D eigenvalue weighted by atomic mass is 16.2. The van der Waals surface area contributed by atoms with E-state index in [0.29, 0.717) is 32.6 Å². The van der Waals surface area contributed by atoms with E-state index in [0.717, 1.165) is 32.7 Å². The summed E-state index contributed by atoms with van der Waals surface area (Å²) in [5.41, 5.74) is 1.30. The van der Waals surface area contributed by atoms with E-state index in [1.54, 1.807) is 11.8 Å². The van der Waals surface area contributed by atoms with Gasteiger partial charge in [-0.25, -0.2) is 0 Å². The van der Waals surface area contributed by atoms with Crippen molar-refractivity contribution < 1.29 is 14.4 Å². The molecule has 7 heteroatoms. The minimum absolute atomic E-state index is 0.0583. The standard InChI is InChI=1S/C22H30N4O3/c1-17(27)24-11-13-26(14-12-24)22(29)20-15-19(20)21(28)25-9-7-23(8-10-25)16-18-5-3-2-4-6-18/h2-6,19-20H,7-16H2,1H3. The maximum atomic E-state index is 12.8. The number of carbonyl (C=O) groups is 3. The Morgan fingerprint density at radius 1 is 0.759 bits per heavy atom. The number of nitrogens with zero attached hydrogens (tertiary/aromatic N) is 4. The Bertz CT molecular complexity index is 753. The van der Waals surface area contributed by atoms with Gasteiger partial charge in [0.25, 0.3) is 0 Å². The van der Waals surface area contributed by atoms with Crippen LogP contribution >= 0.6 is 0 Å². The average molecular weight is 399 g/mol. The fourth-order valence-corrected chi connectivity index (χ4v) is 4.42. The van der Waals surface area contributed by atoms with E-state index >= 15 is 0 Å². The van der Waals surface area contributed by atoms with Crippen LogP contribution in [0.1, 0.15) is 18.9 Å². The second-order valence-electron chi connectivity index (χ2n) is 8.37. The lowest BCUT2D eigenvalue weighted by Gasteiger charge is -2.35. The highest BCUT2D eigenvalue weighted by Crippen LogP contribution is 2.41. The van der Waals surface area contributed by atoms with Crippen molar-refractivity contribution in [2.24, 2.45) is 11.8 Å². The first-order valence-electron chi connectivity index (χ1n) is 10.6. The first-order chi connectivity index (χ1) is 14.0. The van der Waals surface area contributed by atoms with Gasteiger partial charge in [-0.05, 0) is 12.0 Å². The molecular formula is C22H30N4O3. The van der Waals surface area contributed by atoms with Crippen LogP contribution < -0.4 is 0 Å². The minimum atomic E-state index is -0.159. The predicted molar refractivity (Wildman–Crippen MR) is 109 cm³/mol. The fourth-order valence-electron chi connectivity index (χ4n) is 4.42. The molecule has 0 radical (unpaired) electrons. The number of benzene rings is 1. The molecule has 0 spiro atoms. The molecule has 2 unspecified atom stereocenters. The molecule has 2 atom stereocenters. The molecule has 0 aromatic heterocycles. The maximum absolute atomic E-state index is 12.8. The third-order valence-corrected chi connectivity index (χ3v) is 6.39. The normalized spacial score (nSPS) is 25.1. The monoisotopic (exact) mass is 398 g/mol. The van der Waals surface area contributed by atoms with Gasteiger partial charge in [0.2, 0.25) is 17.7 Å². The molecule has 2 saturated heterocycles. The van der Waals surface area contributed by atoms with Gasteiger partial charge >= 0.3 is 0 Å². The second kappa shape index (κ2) is 8.53. The van der Waals surface area contributed by atoms with Gasteiger partial charge in [-0.2, -0.15) is 0 Å². The summed E-state index contributed by atoms with van der Waals surface area (Å²) in [6.07, 6.45) is 0.675. The van der Waals surface area contributed by atoms with Gasteiger partial charge in [0.1, 0.15) is 0 Å². The van der Waals surface area contributed by atoms with Crippen molar-refractivity contribution >= 4 is 17.7 Å². The van der Waals surface area contributed by atoms with Crippen LogP contribution in [0.3, 0.4) is 0 Å². The summed E-state index contributed by atoms with van der Waals surface area (Å²) in [5.74, 6) is -0.00920. The van der Waals surface area contributed by atoms with E-state index < -0.39 is 0 Å². The Balaban J connectivity index is 1.21. The van der Waals surface area contributed by atoms with Crippen LogP contribution in [0.2, 0.25) is 0 Å². The number of rotatable bonds is 4. The highest BCUT2D eigenvalue weighted by Gasteiger charge is 2.51. The first kappa shape index (κ1) is 19.9. The molecule has 2 heterocycles. The van der Waals surface area contributed by atoms with Crippen molar-refractivity contribution in [1.29, 1.82) is 0 Å². The van der Waals surface area contributed by atoms with Gasteiger partial charge in [0, 0.05) is 65.8 Å². The van der Waals surface area contributed by atoms with Crippen LogP contribution in [-0.2, 0) is 20.9 Å². The zero-order valence-corrected chi connectivity index (χ0v) is 17.1. The molecule has 0 N–H and O–H groups in total. The quantitative estimate of drug-likeness (QED) is 0.747. The number of carbonyl (C=O) groups excluding carboxylic acids is 3. The minimum Gasteiger partial charge on any atom is -0.340 e. The molecule has 156 valence electrons. The lowest BCUT2D eigenvalue weighted by Crippen LogP contribution is -2.51. The fraction of sp³-hybridized carbons (Fsp3) is 0.591. The summed E-state index contributed by atoms with van der Waals surface area (Å²) >= 11 is 0. The maximum Gasteiger partial charge on any atom is 0.226 e. The van der Waals surface area contributed by atoms with Gasteiger partial charge < -0.3 is 14.7 Å². The Kier molecular flexibility index (Phi) is 5.85. The summed E-state index contributed by atoms with van der Waals surface area (Å²) in [6, 6.07) is 10.4. The number of amides is 3. The van der Waals surface area contributed by atoms with Crippen molar-refractivity contribution in [1.82, 2.24) is 19.6 Å². The molecule has 3 amide bonds. The third-order valence-electron chi connectivity index (χ3n) is 6.39. The molecule has 0 bridgehead atoms. The van der Waals surface area contributed by atoms with Gasteiger partial charge in [-0.15, -0.1) is 0 Å². The third kappa shape index (κ3) is 4.61. The van der Waals surface area contributed by atoms with E-state index in [9.17, 15) is 14.4 Å². The Morgan fingerprint density at radius 2 is 1.24 bits per heavy atom. The molecule has 2 aliphatic heterocycles. The lowest BCUT2D eigenvalue weighted by atomic mass is 10.2. The molecule has 1 aromatic rings. The van der Waals surface area contributed by atoms with E-state index in [-0.39, 0.29) is 29.6 Å². The molecule has 3 fully saturated rings. The SMILES string of the molecule is CC(=O)N1CCN(C(=O)C2CC2C(=O)N2CCN(Cc3ccccc3)CC2)CC1. The van der Waals surface area contributed by atoms with Crippen molar-refractivity contribution in [2.45, 2.75) is 19.9 Å². The smallest absolute Gasteiger partial charge is 0.226 e. The van der Waals surface area contributed by atoms with Gasteiger partial charge in [-0.3, -0.25) is 19.3 Å². The number of hydrogen-bond donors (Lipinski definition) is 0. The summed E-state index contributed by atoms with van der Waals surface area (Å²) in [5, 5.41) is 0. The summed E-state index contributed by atoms with van der Waals surface area (Å²) in [6.45, 7) is 8.04. The van der Waals surface area contributed by atoms with E-state index in [1.165, 1.54) is 5.56 Å². The van der Waals surface area contributed by atoms with Crippen LogP contribution in [0.15, 0.2) is 30.3 Å². The summed E-state index contributed by atoms with van der Waals surface area (Å²) in [4.78, 5) is 44.9. The van der Waals surface area contributed by atoms with Crippen molar-refractivity contribution in [3.05, 3.63) is 35.9 Å². The van der Waals surface area contributed by atoms with E-state index in [4.69, 9.17) is 0 Å². The molecule has 4 rings (SSSR count). The van der Waals surface area contributed by atoms with E-state index in [2.05, 4.69) is 29.2 Å². The lowest BCUT2D eigenvalue weighted by molar-refractivity contribution is -0.141. The zero-order chi connectivity index (χ0) is 20.4. The van der Waals surface area contributed by atoms with Crippen molar-refractivity contribution in [3.8, 4) is 0 Å². The van der Waals surface area contributed by atoms with Crippen molar-refractivity contribution in [2.75, 3.05) is 52.4 Å². The molecule has 7 nitrogen and oxygen atoms in total. The zero-order valence-electron chi connectivity index (χ0n) is 17.1. The van der Waals surface area contributed by atoms with Gasteiger partial charge in [-0.1, -0.05) is 30.3 Å². The number of hydrogen-bond acceptors (Lipinski definition) is 4. The van der Waals surface area contributed by atoms with E-state index in [1.807, 2.05) is 15.9 Å². The predicted octanol–water partition coefficient (Wildman–Crippen LogP) is 0.658. The van der Waals surface area contributed by atoms with Gasteiger partial charge in [0.15, 0.2) is 0 Å². The summed E-state index contributed by atoms with van der Waals surface area (Å²) < 4.78 is 0. The first-order valence-corrected chi connectivity index (χ1v) is 10.6. The van der Waals surface area contributed by atoms with Crippen LogP contribution in [0.5, 0.6) is 0 Å². The summed E-state index contributed by atoms with van der Waals surface area (Å²) in [7, 11) is 0.